The fraction of sp³-hybridized carbons (Fsp3) is 0.167. The van der Waals surface area contributed by atoms with Gasteiger partial charge in [0, 0.05) is 23.8 Å². The molecule has 0 aromatic heterocycles. The van der Waals surface area contributed by atoms with E-state index in [1.165, 1.54) is 0 Å². The third-order valence-electron chi connectivity index (χ3n) is 5.18. The zero-order chi connectivity index (χ0) is 20.4. The van der Waals surface area contributed by atoms with E-state index in [0.717, 1.165) is 23.2 Å². The molecule has 0 bridgehead atoms. The minimum Gasteiger partial charge on any atom is -0.348 e. The molecule has 29 heavy (non-hydrogen) atoms. The number of hydrogen-bond acceptors (Lipinski definition) is 2. The predicted octanol–water partition coefficient (Wildman–Crippen LogP) is 4.86. The number of carbonyl (C=O) groups is 2. The smallest absolute Gasteiger partial charge is 0.258 e. The second-order valence-electron chi connectivity index (χ2n) is 7.22. The summed E-state index contributed by atoms with van der Waals surface area (Å²) in [6, 6.07) is 22.4. The molecule has 0 aliphatic carbocycles. The van der Waals surface area contributed by atoms with Crippen molar-refractivity contribution in [3.8, 4) is 0 Å². The van der Waals surface area contributed by atoms with Gasteiger partial charge in [0.2, 0.25) is 0 Å². The Kier molecular flexibility index (Phi) is 5.36. The zero-order valence-corrected chi connectivity index (χ0v) is 16.8. The minimum absolute atomic E-state index is 0.00546. The van der Waals surface area contributed by atoms with Crippen LogP contribution in [0.15, 0.2) is 72.8 Å². The molecule has 0 spiro atoms. The Bertz CT molecular complexity index is 1070. The van der Waals surface area contributed by atoms with E-state index < -0.39 is 0 Å². The van der Waals surface area contributed by atoms with E-state index in [1.54, 1.807) is 24.3 Å². The summed E-state index contributed by atoms with van der Waals surface area (Å²) >= 11 is 6.10. The third kappa shape index (κ3) is 3.89. The topological polar surface area (TPSA) is 49.4 Å². The Labute approximate surface area is 175 Å². The molecule has 0 fully saturated rings. The van der Waals surface area contributed by atoms with Crippen molar-refractivity contribution < 1.29 is 9.59 Å². The van der Waals surface area contributed by atoms with Crippen LogP contribution in [0.1, 0.15) is 38.8 Å². The lowest BCUT2D eigenvalue weighted by Crippen LogP contribution is -2.35. The van der Waals surface area contributed by atoms with Crippen molar-refractivity contribution in [2.24, 2.45) is 0 Å². The average molecular weight is 405 g/mol. The standard InChI is InChI=1S/C24H21ClN2O2/c1-16-13-19-12-11-17(15-26-23(28)20-9-5-6-10-21(20)25)14-22(19)27(16)24(29)18-7-3-2-4-8-18/h2-12,14,16H,13,15H2,1H3,(H,26,28)/t16-/m0/s1. The van der Waals surface area contributed by atoms with Gasteiger partial charge in [0.05, 0.1) is 10.6 Å². The summed E-state index contributed by atoms with van der Waals surface area (Å²) in [5, 5.41) is 3.33. The van der Waals surface area contributed by atoms with Gasteiger partial charge in [-0.1, -0.05) is 54.1 Å². The van der Waals surface area contributed by atoms with Crippen molar-refractivity contribution in [2.45, 2.75) is 25.9 Å². The van der Waals surface area contributed by atoms with Gasteiger partial charge in [-0.25, -0.2) is 0 Å². The van der Waals surface area contributed by atoms with Crippen LogP contribution in [0.2, 0.25) is 5.02 Å². The molecule has 3 aromatic carbocycles. The van der Waals surface area contributed by atoms with Crippen molar-refractivity contribution in [1.29, 1.82) is 0 Å². The number of amides is 2. The fourth-order valence-electron chi connectivity index (χ4n) is 3.72. The van der Waals surface area contributed by atoms with Gasteiger partial charge in [0.25, 0.3) is 11.8 Å². The van der Waals surface area contributed by atoms with Crippen LogP contribution in [0.4, 0.5) is 5.69 Å². The molecule has 0 radical (unpaired) electrons. The lowest BCUT2D eigenvalue weighted by atomic mass is 10.1. The van der Waals surface area contributed by atoms with Gasteiger partial charge in [-0.2, -0.15) is 0 Å². The van der Waals surface area contributed by atoms with Gasteiger partial charge in [-0.15, -0.1) is 0 Å². The van der Waals surface area contributed by atoms with E-state index in [9.17, 15) is 9.59 Å². The van der Waals surface area contributed by atoms with E-state index >= 15 is 0 Å². The van der Waals surface area contributed by atoms with Crippen molar-refractivity contribution in [3.05, 3.63) is 100 Å². The molecule has 0 saturated carbocycles. The summed E-state index contributed by atoms with van der Waals surface area (Å²) in [5.74, 6) is -0.226. The van der Waals surface area contributed by atoms with Gasteiger partial charge in [0.15, 0.2) is 0 Å². The number of hydrogen-bond donors (Lipinski definition) is 1. The highest BCUT2D eigenvalue weighted by Gasteiger charge is 2.31. The second kappa shape index (κ2) is 8.10. The molecule has 146 valence electrons. The predicted molar refractivity (Wildman–Crippen MR) is 115 cm³/mol. The number of halogens is 1. The Balaban J connectivity index is 1.54. The second-order valence-corrected chi connectivity index (χ2v) is 7.63. The Morgan fingerprint density at radius 2 is 1.76 bits per heavy atom. The summed E-state index contributed by atoms with van der Waals surface area (Å²) in [4.78, 5) is 27.3. The molecule has 0 saturated heterocycles. The summed E-state index contributed by atoms with van der Waals surface area (Å²) in [5.41, 5.74) is 4.11. The number of anilines is 1. The van der Waals surface area contributed by atoms with Gasteiger partial charge in [0.1, 0.15) is 0 Å². The number of fused-ring (bicyclic) bond motifs is 1. The van der Waals surface area contributed by atoms with Gasteiger partial charge < -0.3 is 10.2 Å². The minimum atomic E-state index is -0.221. The van der Waals surface area contributed by atoms with Gasteiger partial charge in [-0.3, -0.25) is 9.59 Å². The number of benzene rings is 3. The fourth-order valence-corrected chi connectivity index (χ4v) is 3.94. The quantitative estimate of drug-likeness (QED) is 0.675. The first kappa shape index (κ1) is 19.2. The molecule has 3 aromatic rings. The maximum absolute atomic E-state index is 13.1. The van der Waals surface area contributed by atoms with Crippen molar-refractivity contribution >= 4 is 29.1 Å². The molecule has 2 amide bonds. The van der Waals surface area contributed by atoms with Gasteiger partial charge in [-0.05, 0) is 54.8 Å². The molecule has 1 aliphatic rings. The molecule has 1 atom stereocenters. The highest BCUT2D eigenvalue weighted by atomic mass is 35.5. The van der Waals surface area contributed by atoms with Crippen LogP contribution in [0.3, 0.4) is 0 Å². The zero-order valence-electron chi connectivity index (χ0n) is 16.1. The van der Waals surface area contributed by atoms with E-state index in [2.05, 4.69) is 12.2 Å². The monoisotopic (exact) mass is 404 g/mol. The van der Waals surface area contributed by atoms with Crippen molar-refractivity contribution in [2.75, 3.05) is 4.90 Å². The highest BCUT2D eigenvalue weighted by molar-refractivity contribution is 6.33. The number of rotatable bonds is 4. The normalized spacial score (nSPS) is 15.1. The molecule has 4 nitrogen and oxygen atoms in total. The maximum Gasteiger partial charge on any atom is 0.258 e. The Morgan fingerprint density at radius 1 is 1.03 bits per heavy atom. The van der Waals surface area contributed by atoms with E-state index in [1.807, 2.05) is 53.4 Å². The molecular weight excluding hydrogens is 384 g/mol. The summed E-state index contributed by atoms with van der Waals surface area (Å²) in [6.07, 6.45) is 0.820. The average Bonchev–Trinajstić information content (AvgIpc) is 3.07. The molecule has 4 rings (SSSR count). The summed E-state index contributed by atoms with van der Waals surface area (Å²) < 4.78 is 0. The summed E-state index contributed by atoms with van der Waals surface area (Å²) in [7, 11) is 0. The maximum atomic E-state index is 13.1. The largest absolute Gasteiger partial charge is 0.348 e. The van der Waals surface area contributed by atoms with E-state index in [-0.39, 0.29) is 17.9 Å². The third-order valence-corrected chi connectivity index (χ3v) is 5.51. The Hall–Kier alpha value is -3.11. The van der Waals surface area contributed by atoms with Crippen LogP contribution < -0.4 is 10.2 Å². The first-order valence-corrected chi connectivity index (χ1v) is 9.95. The van der Waals surface area contributed by atoms with Crippen molar-refractivity contribution in [3.63, 3.8) is 0 Å². The highest BCUT2D eigenvalue weighted by Crippen LogP contribution is 2.34. The molecule has 1 aliphatic heterocycles. The molecule has 0 unspecified atom stereocenters. The number of nitrogens with zero attached hydrogens (tertiary/aromatic N) is 1. The van der Waals surface area contributed by atoms with Crippen LogP contribution in [0.5, 0.6) is 0 Å². The van der Waals surface area contributed by atoms with Crippen LogP contribution in [0, 0.1) is 0 Å². The molecular formula is C24H21ClN2O2. The van der Waals surface area contributed by atoms with Crippen LogP contribution in [-0.2, 0) is 13.0 Å². The number of nitrogens with one attached hydrogen (secondary N) is 1. The van der Waals surface area contributed by atoms with E-state index in [0.29, 0.717) is 22.7 Å². The molecule has 1 heterocycles. The van der Waals surface area contributed by atoms with Crippen LogP contribution in [-0.4, -0.2) is 17.9 Å². The van der Waals surface area contributed by atoms with Crippen molar-refractivity contribution in [1.82, 2.24) is 5.32 Å². The first-order chi connectivity index (χ1) is 14.0. The molecule has 1 N–H and O–H groups in total. The lowest BCUT2D eigenvalue weighted by molar-refractivity contribution is 0.0948. The number of carbonyl (C=O) groups excluding carboxylic acids is 2. The lowest BCUT2D eigenvalue weighted by Gasteiger charge is -2.23. The van der Waals surface area contributed by atoms with E-state index in [4.69, 9.17) is 11.6 Å². The Morgan fingerprint density at radius 3 is 2.52 bits per heavy atom. The van der Waals surface area contributed by atoms with Gasteiger partial charge >= 0.3 is 0 Å². The van der Waals surface area contributed by atoms with Crippen LogP contribution >= 0.6 is 11.6 Å². The SMILES string of the molecule is C[C@H]1Cc2ccc(CNC(=O)c3ccccc3Cl)cc2N1C(=O)c1ccccc1. The first-order valence-electron chi connectivity index (χ1n) is 9.57. The van der Waals surface area contributed by atoms with Crippen LogP contribution in [0.25, 0.3) is 0 Å². The summed E-state index contributed by atoms with van der Waals surface area (Å²) in [6.45, 7) is 2.42. The molecule has 5 heteroatoms.